The zero-order valence-corrected chi connectivity index (χ0v) is 13.7. The second-order valence-electron chi connectivity index (χ2n) is 4.46. The number of benzene rings is 2. The van der Waals surface area contributed by atoms with Crippen LogP contribution in [0.5, 0.6) is 0 Å². The van der Waals surface area contributed by atoms with E-state index in [4.69, 9.17) is 35.4 Å². The molecule has 0 aliphatic rings. The molecule has 0 aliphatic carbocycles. The minimum atomic E-state index is -0.512. The minimum absolute atomic E-state index is 0.0832. The highest BCUT2D eigenvalue weighted by Crippen LogP contribution is 2.27. The molecule has 2 N–H and O–H groups in total. The van der Waals surface area contributed by atoms with Crippen LogP contribution in [-0.4, -0.2) is 10.0 Å². The van der Waals surface area contributed by atoms with E-state index in [0.29, 0.717) is 15.8 Å². The first-order valence-electron chi connectivity index (χ1n) is 6.15. The summed E-state index contributed by atoms with van der Waals surface area (Å²) in [4.78, 5) is 10.2. The van der Waals surface area contributed by atoms with Crippen LogP contribution in [0.2, 0.25) is 10.0 Å². The topological polar surface area (TPSA) is 67.2 Å². The Labute approximate surface area is 142 Å². The van der Waals surface area contributed by atoms with Gasteiger partial charge in [-0.2, -0.15) is 0 Å². The summed E-state index contributed by atoms with van der Waals surface area (Å²) in [5.74, 6) is 0. The largest absolute Gasteiger partial charge is 0.332 e. The van der Waals surface area contributed by atoms with E-state index in [0.717, 1.165) is 11.3 Å². The summed E-state index contributed by atoms with van der Waals surface area (Å²) in [7, 11) is 0. The van der Waals surface area contributed by atoms with Crippen molar-refractivity contribution in [2.24, 2.45) is 0 Å². The van der Waals surface area contributed by atoms with Gasteiger partial charge in [-0.05, 0) is 42.9 Å². The van der Waals surface area contributed by atoms with Gasteiger partial charge in [0.15, 0.2) is 5.11 Å². The van der Waals surface area contributed by atoms with Gasteiger partial charge in [-0.15, -0.1) is 0 Å². The number of non-ortho nitro benzene ring substituents is 1. The first-order chi connectivity index (χ1) is 10.4. The van der Waals surface area contributed by atoms with Gasteiger partial charge >= 0.3 is 0 Å². The third kappa shape index (κ3) is 4.07. The number of nitrogens with zero attached hydrogens (tertiary/aromatic N) is 1. The number of anilines is 2. The van der Waals surface area contributed by atoms with Crippen LogP contribution < -0.4 is 10.6 Å². The van der Waals surface area contributed by atoms with Gasteiger partial charge < -0.3 is 10.6 Å². The Morgan fingerprint density at radius 1 is 1.14 bits per heavy atom. The van der Waals surface area contributed by atoms with Gasteiger partial charge in [0.05, 0.1) is 15.6 Å². The van der Waals surface area contributed by atoms with Crippen LogP contribution in [0.4, 0.5) is 17.1 Å². The van der Waals surface area contributed by atoms with Crippen molar-refractivity contribution < 1.29 is 4.92 Å². The Kier molecular flexibility index (Phi) is 5.18. The van der Waals surface area contributed by atoms with Crippen LogP contribution >= 0.6 is 35.4 Å². The van der Waals surface area contributed by atoms with Crippen molar-refractivity contribution in [3.05, 3.63) is 62.1 Å². The molecule has 0 saturated carbocycles. The maximum Gasteiger partial charge on any atom is 0.271 e. The fourth-order valence-corrected chi connectivity index (χ4v) is 2.34. The predicted octanol–water partition coefficient (Wildman–Crippen LogP) is 5.02. The number of aryl methyl sites for hydroxylation is 1. The van der Waals surface area contributed by atoms with Crippen LogP contribution in [0.25, 0.3) is 0 Å². The predicted molar refractivity (Wildman–Crippen MR) is 94.1 cm³/mol. The molecule has 22 heavy (non-hydrogen) atoms. The average Bonchev–Trinajstić information content (AvgIpc) is 2.45. The summed E-state index contributed by atoms with van der Waals surface area (Å²) in [5.41, 5.74) is 2.14. The molecule has 0 heterocycles. The first-order valence-corrected chi connectivity index (χ1v) is 7.31. The van der Waals surface area contributed by atoms with E-state index >= 15 is 0 Å². The lowest BCUT2D eigenvalue weighted by Crippen LogP contribution is -2.19. The third-order valence-corrected chi connectivity index (χ3v) is 3.61. The number of halogens is 2. The highest BCUT2D eigenvalue weighted by molar-refractivity contribution is 7.80. The second kappa shape index (κ2) is 6.91. The SMILES string of the molecule is Cc1ccc(Cl)cc1NC(=S)Nc1ccc([N+](=O)[O-])cc1Cl. The lowest BCUT2D eigenvalue weighted by atomic mass is 10.2. The van der Waals surface area contributed by atoms with Gasteiger partial charge in [0.2, 0.25) is 0 Å². The van der Waals surface area contributed by atoms with Crippen molar-refractivity contribution >= 4 is 57.6 Å². The average molecular weight is 356 g/mol. The standard InChI is InChI=1S/C14H11Cl2N3O2S/c1-8-2-3-9(15)6-13(8)18-14(22)17-12-5-4-10(19(20)21)7-11(12)16/h2-7H,1H3,(H2,17,18,22). The normalized spacial score (nSPS) is 10.1. The van der Waals surface area contributed by atoms with E-state index in [1.165, 1.54) is 18.2 Å². The third-order valence-electron chi connectivity index (χ3n) is 2.86. The molecule has 0 atom stereocenters. The minimum Gasteiger partial charge on any atom is -0.332 e. The molecule has 0 saturated heterocycles. The summed E-state index contributed by atoms with van der Waals surface area (Å²) in [6, 6.07) is 9.51. The maximum absolute atomic E-state index is 10.7. The highest BCUT2D eigenvalue weighted by atomic mass is 35.5. The fraction of sp³-hybridized carbons (Fsp3) is 0.0714. The van der Waals surface area contributed by atoms with Gasteiger partial charge in [0, 0.05) is 22.8 Å². The summed E-state index contributed by atoms with van der Waals surface area (Å²) >= 11 is 17.2. The van der Waals surface area contributed by atoms with Crippen molar-refractivity contribution in [2.75, 3.05) is 10.6 Å². The van der Waals surface area contributed by atoms with E-state index < -0.39 is 4.92 Å². The number of hydrogen-bond acceptors (Lipinski definition) is 3. The molecule has 2 aromatic rings. The lowest BCUT2D eigenvalue weighted by Gasteiger charge is -2.13. The molecule has 0 amide bonds. The van der Waals surface area contributed by atoms with Crippen LogP contribution in [0.15, 0.2) is 36.4 Å². The Morgan fingerprint density at radius 3 is 2.45 bits per heavy atom. The van der Waals surface area contributed by atoms with Crippen molar-refractivity contribution in [2.45, 2.75) is 6.92 Å². The molecular weight excluding hydrogens is 345 g/mol. The molecule has 0 aliphatic heterocycles. The van der Waals surface area contributed by atoms with Crippen LogP contribution in [0.1, 0.15) is 5.56 Å². The highest BCUT2D eigenvalue weighted by Gasteiger charge is 2.10. The molecule has 0 radical (unpaired) electrons. The number of rotatable bonds is 3. The van der Waals surface area contributed by atoms with Gasteiger partial charge in [0.1, 0.15) is 0 Å². The molecule has 8 heteroatoms. The van der Waals surface area contributed by atoms with E-state index in [1.807, 2.05) is 13.0 Å². The molecule has 0 unspecified atom stereocenters. The quantitative estimate of drug-likeness (QED) is 0.459. The van der Waals surface area contributed by atoms with Gasteiger partial charge in [-0.1, -0.05) is 29.3 Å². The van der Waals surface area contributed by atoms with E-state index in [2.05, 4.69) is 10.6 Å². The van der Waals surface area contributed by atoms with Crippen LogP contribution in [0.3, 0.4) is 0 Å². The Morgan fingerprint density at radius 2 is 1.82 bits per heavy atom. The first kappa shape index (κ1) is 16.5. The van der Waals surface area contributed by atoms with Crippen molar-refractivity contribution in [1.82, 2.24) is 0 Å². The second-order valence-corrected chi connectivity index (χ2v) is 5.71. The lowest BCUT2D eigenvalue weighted by molar-refractivity contribution is -0.384. The van der Waals surface area contributed by atoms with Crippen molar-refractivity contribution in [3.63, 3.8) is 0 Å². The molecule has 0 aromatic heterocycles. The molecule has 5 nitrogen and oxygen atoms in total. The molecule has 2 rings (SSSR count). The monoisotopic (exact) mass is 355 g/mol. The van der Waals surface area contributed by atoms with Gasteiger partial charge in [-0.25, -0.2) is 0 Å². The van der Waals surface area contributed by atoms with Crippen LogP contribution in [0, 0.1) is 17.0 Å². The zero-order chi connectivity index (χ0) is 16.3. The van der Waals surface area contributed by atoms with Gasteiger partial charge in [-0.3, -0.25) is 10.1 Å². The number of nitro groups is 1. The Bertz CT molecular complexity index is 753. The number of nitro benzene ring substituents is 1. The zero-order valence-electron chi connectivity index (χ0n) is 11.4. The summed E-state index contributed by atoms with van der Waals surface area (Å²) in [6.45, 7) is 1.92. The smallest absolute Gasteiger partial charge is 0.271 e. The Balaban J connectivity index is 2.12. The molecule has 114 valence electrons. The van der Waals surface area contributed by atoms with E-state index in [-0.39, 0.29) is 10.7 Å². The maximum atomic E-state index is 10.7. The number of thiocarbonyl (C=S) groups is 1. The Hall–Kier alpha value is -1.89. The van der Waals surface area contributed by atoms with Crippen molar-refractivity contribution in [1.29, 1.82) is 0 Å². The molecule has 2 aromatic carbocycles. The summed E-state index contributed by atoms with van der Waals surface area (Å²) in [5, 5.41) is 17.7. The molecule has 0 spiro atoms. The van der Waals surface area contributed by atoms with Crippen molar-refractivity contribution in [3.8, 4) is 0 Å². The van der Waals surface area contributed by atoms with E-state index in [1.54, 1.807) is 12.1 Å². The fourth-order valence-electron chi connectivity index (χ4n) is 1.72. The van der Waals surface area contributed by atoms with Crippen LogP contribution in [-0.2, 0) is 0 Å². The summed E-state index contributed by atoms with van der Waals surface area (Å²) < 4.78 is 0. The number of hydrogen-bond donors (Lipinski definition) is 2. The molecule has 0 fully saturated rings. The van der Waals surface area contributed by atoms with E-state index in [9.17, 15) is 10.1 Å². The summed E-state index contributed by atoms with van der Waals surface area (Å²) in [6.07, 6.45) is 0. The number of nitrogens with one attached hydrogen (secondary N) is 2. The van der Waals surface area contributed by atoms with Gasteiger partial charge in [0.25, 0.3) is 5.69 Å². The molecule has 0 bridgehead atoms. The molecular formula is C14H11Cl2N3O2S.